The topological polar surface area (TPSA) is 12.4 Å². The molecule has 0 aliphatic heterocycles. The molecule has 1 aromatic carbocycles. The molecule has 1 aromatic rings. The smallest absolute Gasteiger partial charge is 0.0658 e. The third kappa shape index (κ3) is 3.35. The summed E-state index contributed by atoms with van der Waals surface area (Å²) in [5.41, 5.74) is 3.31. The molecule has 0 saturated heterocycles. The van der Waals surface area contributed by atoms with Gasteiger partial charge in [-0.05, 0) is 30.9 Å². The molecule has 0 amide bonds. The van der Waals surface area contributed by atoms with Gasteiger partial charge in [-0.3, -0.25) is 4.99 Å². The van der Waals surface area contributed by atoms with E-state index in [1.807, 2.05) is 18.2 Å². The van der Waals surface area contributed by atoms with Gasteiger partial charge < -0.3 is 0 Å². The van der Waals surface area contributed by atoms with E-state index in [1.54, 1.807) is 0 Å². The molecule has 1 nitrogen and oxygen atoms in total. The lowest BCUT2D eigenvalue weighted by atomic mass is 10.0. The van der Waals surface area contributed by atoms with E-state index in [2.05, 4.69) is 31.8 Å². The van der Waals surface area contributed by atoms with Crippen molar-refractivity contribution in [1.29, 1.82) is 0 Å². The Morgan fingerprint density at radius 3 is 2.60 bits per heavy atom. The summed E-state index contributed by atoms with van der Waals surface area (Å²) >= 11 is 5.91. The molecule has 0 saturated carbocycles. The van der Waals surface area contributed by atoms with E-state index in [-0.39, 0.29) is 0 Å². The predicted molar refractivity (Wildman–Crippen MR) is 68.4 cm³/mol. The molecule has 0 aromatic heterocycles. The second-order valence-electron chi connectivity index (χ2n) is 3.83. The number of hydrogen-bond acceptors (Lipinski definition) is 1. The average molecular weight is 224 g/mol. The quantitative estimate of drug-likeness (QED) is 0.532. The summed E-state index contributed by atoms with van der Waals surface area (Å²) in [6.45, 7) is 6.39. The lowest BCUT2D eigenvalue weighted by Gasteiger charge is -2.10. The minimum absolute atomic E-state index is 0.460. The number of benzene rings is 1. The van der Waals surface area contributed by atoms with Gasteiger partial charge in [-0.1, -0.05) is 32.0 Å². The largest absolute Gasteiger partial charge is 0.256 e. The molecule has 0 aliphatic carbocycles. The summed E-state index contributed by atoms with van der Waals surface area (Å²) in [5.74, 6) is 0.977. The van der Waals surface area contributed by atoms with Gasteiger partial charge in [0.05, 0.1) is 11.6 Å². The molecule has 1 atom stereocenters. The lowest BCUT2D eigenvalue weighted by Crippen LogP contribution is -2.11. The van der Waals surface area contributed by atoms with Crippen molar-refractivity contribution >= 4 is 23.0 Å². The summed E-state index contributed by atoms with van der Waals surface area (Å²) in [6, 6.07) is 8.14. The highest BCUT2D eigenvalue weighted by atomic mass is 35.5. The summed E-state index contributed by atoms with van der Waals surface area (Å²) in [6.07, 6.45) is 1.08. The van der Waals surface area contributed by atoms with Crippen LogP contribution in [0, 0.1) is 12.8 Å². The van der Waals surface area contributed by atoms with Crippen molar-refractivity contribution in [3.63, 3.8) is 0 Å². The molecular weight excluding hydrogens is 206 g/mol. The van der Waals surface area contributed by atoms with Crippen molar-refractivity contribution in [2.24, 2.45) is 10.9 Å². The molecule has 82 valence electrons. The van der Waals surface area contributed by atoms with Gasteiger partial charge in [0, 0.05) is 5.71 Å². The van der Waals surface area contributed by atoms with Crippen LogP contribution in [0.15, 0.2) is 29.3 Å². The third-order valence-corrected chi connectivity index (χ3v) is 2.97. The van der Waals surface area contributed by atoms with Crippen molar-refractivity contribution in [3.8, 4) is 0 Å². The maximum absolute atomic E-state index is 5.91. The fourth-order valence-electron chi connectivity index (χ4n) is 1.35. The van der Waals surface area contributed by atoms with Crippen LogP contribution in [-0.2, 0) is 0 Å². The number of alkyl halides is 1. The summed E-state index contributed by atoms with van der Waals surface area (Å²) in [7, 11) is 0. The normalized spacial score (nSPS) is 14.0. The second kappa shape index (κ2) is 5.92. The highest BCUT2D eigenvalue weighted by Gasteiger charge is 2.07. The van der Waals surface area contributed by atoms with Gasteiger partial charge in [0.1, 0.15) is 0 Å². The first-order chi connectivity index (χ1) is 7.19. The Kier molecular flexibility index (Phi) is 4.83. The number of hydrogen-bond donors (Lipinski definition) is 0. The van der Waals surface area contributed by atoms with E-state index in [4.69, 9.17) is 11.6 Å². The van der Waals surface area contributed by atoms with Crippen LogP contribution in [-0.4, -0.2) is 11.6 Å². The first-order valence-electron chi connectivity index (χ1n) is 5.38. The second-order valence-corrected chi connectivity index (χ2v) is 4.10. The van der Waals surface area contributed by atoms with Crippen molar-refractivity contribution in [2.45, 2.75) is 27.2 Å². The summed E-state index contributed by atoms with van der Waals surface area (Å²) < 4.78 is 0. The number of nitrogens with zero attached hydrogens (tertiary/aromatic N) is 1. The van der Waals surface area contributed by atoms with Gasteiger partial charge in [0.2, 0.25) is 0 Å². The van der Waals surface area contributed by atoms with Crippen molar-refractivity contribution in [1.82, 2.24) is 0 Å². The van der Waals surface area contributed by atoms with Gasteiger partial charge in [0.25, 0.3) is 0 Å². The minimum Gasteiger partial charge on any atom is -0.256 e. The lowest BCUT2D eigenvalue weighted by molar-refractivity contribution is 0.737. The summed E-state index contributed by atoms with van der Waals surface area (Å²) in [5, 5.41) is 0. The van der Waals surface area contributed by atoms with Crippen molar-refractivity contribution < 1.29 is 0 Å². The highest BCUT2D eigenvalue weighted by Crippen LogP contribution is 2.19. The number of halogens is 1. The zero-order chi connectivity index (χ0) is 11.3. The molecule has 1 unspecified atom stereocenters. The van der Waals surface area contributed by atoms with E-state index in [0.29, 0.717) is 11.8 Å². The Bertz CT molecular complexity index is 344. The van der Waals surface area contributed by atoms with Crippen LogP contribution in [0.25, 0.3) is 0 Å². The monoisotopic (exact) mass is 223 g/mol. The summed E-state index contributed by atoms with van der Waals surface area (Å²) in [4.78, 5) is 4.63. The van der Waals surface area contributed by atoms with Crippen molar-refractivity contribution in [2.75, 3.05) is 5.88 Å². The van der Waals surface area contributed by atoms with Crippen LogP contribution < -0.4 is 0 Å². The fourth-order valence-corrected chi connectivity index (χ4v) is 1.67. The molecule has 0 aliphatic rings. The van der Waals surface area contributed by atoms with E-state index < -0.39 is 0 Å². The highest BCUT2D eigenvalue weighted by molar-refractivity contribution is 6.29. The van der Waals surface area contributed by atoms with Gasteiger partial charge in [-0.15, -0.1) is 11.6 Å². The maximum Gasteiger partial charge on any atom is 0.0658 e. The van der Waals surface area contributed by atoms with Crippen LogP contribution >= 0.6 is 11.6 Å². The van der Waals surface area contributed by atoms with Crippen LogP contribution in [0.3, 0.4) is 0 Å². The molecule has 2 heteroatoms. The van der Waals surface area contributed by atoms with Crippen LogP contribution in [0.1, 0.15) is 25.8 Å². The molecule has 1 rings (SSSR count). The fraction of sp³-hybridized carbons (Fsp3) is 0.462. The van der Waals surface area contributed by atoms with Gasteiger partial charge >= 0.3 is 0 Å². The number of aryl methyl sites for hydroxylation is 1. The predicted octanol–water partition coefficient (Wildman–Crippen LogP) is 4.35. The Hall–Kier alpha value is -0.820. The Morgan fingerprint density at radius 1 is 1.40 bits per heavy atom. The van der Waals surface area contributed by atoms with E-state index in [9.17, 15) is 0 Å². The van der Waals surface area contributed by atoms with Crippen LogP contribution in [0.5, 0.6) is 0 Å². The molecular formula is C13H18ClN. The molecule has 0 fully saturated rings. The zero-order valence-electron chi connectivity index (χ0n) is 9.63. The average Bonchev–Trinajstić information content (AvgIpc) is 2.27. The number of aliphatic imine (C=N–C) groups is 1. The molecule has 0 spiro atoms. The molecule has 0 heterocycles. The Balaban J connectivity index is 2.98. The number of para-hydroxylation sites is 1. The maximum atomic E-state index is 5.91. The van der Waals surface area contributed by atoms with Gasteiger partial charge in [0.15, 0.2) is 0 Å². The van der Waals surface area contributed by atoms with Gasteiger partial charge in [-0.25, -0.2) is 0 Å². The zero-order valence-corrected chi connectivity index (χ0v) is 10.4. The first kappa shape index (κ1) is 12.3. The van der Waals surface area contributed by atoms with E-state index >= 15 is 0 Å². The van der Waals surface area contributed by atoms with Crippen molar-refractivity contribution in [3.05, 3.63) is 29.8 Å². The number of rotatable bonds is 4. The molecule has 0 radical (unpaired) electrons. The van der Waals surface area contributed by atoms with E-state index in [0.717, 1.165) is 17.8 Å². The third-order valence-electron chi connectivity index (χ3n) is 2.70. The van der Waals surface area contributed by atoms with Crippen LogP contribution in [0.4, 0.5) is 5.69 Å². The standard InChI is InChI=1S/C13H18ClN/c1-4-10(2)13(9-14)15-12-8-6-5-7-11(12)3/h5-8,10H,4,9H2,1-3H3. The SMILES string of the molecule is CCC(C)C(CCl)=Nc1ccccc1C. The minimum atomic E-state index is 0.460. The molecule has 0 bridgehead atoms. The van der Waals surface area contributed by atoms with Gasteiger partial charge in [-0.2, -0.15) is 0 Å². The van der Waals surface area contributed by atoms with E-state index in [1.165, 1.54) is 5.56 Å². The molecule has 0 N–H and O–H groups in total. The van der Waals surface area contributed by atoms with Crippen LogP contribution in [0.2, 0.25) is 0 Å². The molecule has 15 heavy (non-hydrogen) atoms. The Morgan fingerprint density at radius 2 is 2.07 bits per heavy atom. The Labute approximate surface area is 97.2 Å². The first-order valence-corrected chi connectivity index (χ1v) is 5.91.